The van der Waals surface area contributed by atoms with E-state index in [2.05, 4.69) is 0 Å². The van der Waals surface area contributed by atoms with Crippen molar-refractivity contribution in [2.45, 2.75) is 90.3 Å². The Kier molecular flexibility index (Phi) is 6.20. The molecule has 1 aliphatic heterocycles. The zero-order valence-corrected chi connectivity index (χ0v) is 18.2. The lowest BCUT2D eigenvalue weighted by atomic mass is 9.87. The van der Waals surface area contributed by atoms with Gasteiger partial charge in [0, 0.05) is 18.5 Å². The fourth-order valence-corrected chi connectivity index (χ4v) is 4.70. The molecule has 164 valence electrons. The van der Waals surface area contributed by atoms with Crippen molar-refractivity contribution in [3.8, 4) is 0 Å². The molecule has 0 radical (unpaired) electrons. The number of amides is 2. The van der Waals surface area contributed by atoms with Crippen molar-refractivity contribution in [2.24, 2.45) is 5.73 Å². The van der Waals surface area contributed by atoms with Crippen LogP contribution in [0.2, 0.25) is 0 Å². The first-order valence-electron chi connectivity index (χ1n) is 10.6. The smallest absolute Gasteiger partial charge is 0.306 e. The lowest BCUT2D eigenvalue weighted by Gasteiger charge is -2.26. The summed E-state index contributed by atoms with van der Waals surface area (Å²) in [6.07, 6.45) is 4.17. The van der Waals surface area contributed by atoms with E-state index < -0.39 is 35.2 Å². The van der Waals surface area contributed by atoms with Crippen molar-refractivity contribution in [1.29, 1.82) is 0 Å². The fourth-order valence-electron chi connectivity index (χ4n) is 4.70. The highest BCUT2D eigenvalue weighted by molar-refractivity contribution is 6.01. The van der Waals surface area contributed by atoms with Gasteiger partial charge in [-0.25, -0.2) is 4.39 Å². The van der Waals surface area contributed by atoms with E-state index in [0.29, 0.717) is 11.1 Å². The lowest BCUT2D eigenvalue weighted by molar-refractivity contribution is -0.155. The summed E-state index contributed by atoms with van der Waals surface area (Å²) >= 11 is 0. The van der Waals surface area contributed by atoms with Gasteiger partial charge < -0.3 is 15.4 Å². The molecule has 1 saturated carbocycles. The quantitative estimate of drug-likeness (QED) is 0.713. The van der Waals surface area contributed by atoms with Gasteiger partial charge in [0.25, 0.3) is 5.91 Å². The summed E-state index contributed by atoms with van der Waals surface area (Å²) in [5.41, 5.74) is 7.56. The van der Waals surface area contributed by atoms with Gasteiger partial charge in [0.15, 0.2) is 0 Å². The Morgan fingerprint density at radius 2 is 1.93 bits per heavy atom. The van der Waals surface area contributed by atoms with Gasteiger partial charge in [0.2, 0.25) is 5.91 Å². The minimum Gasteiger partial charge on any atom is -0.460 e. The van der Waals surface area contributed by atoms with E-state index in [1.807, 2.05) is 0 Å². The van der Waals surface area contributed by atoms with Crippen LogP contribution in [0.5, 0.6) is 0 Å². The highest BCUT2D eigenvalue weighted by atomic mass is 19.1. The SMILES string of the molecule is Cc1c(F)cc2c(c1C1CCCC1)CN(C(CCC(=O)OC(C)(C)C)C(N)=O)C2=O. The Balaban J connectivity index is 1.85. The topological polar surface area (TPSA) is 89.7 Å². The number of hydrogen-bond donors (Lipinski definition) is 1. The fraction of sp³-hybridized carbons (Fsp3) is 0.609. The Labute approximate surface area is 176 Å². The third kappa shape index (κ3) is 4.50. The Bertz CT molecular complexity index is 869. The predicted octanol–water partition coefficient (Wildman–Crippen LogP) is 3.72. The van der Waals surface area contributed by atoms with E-state index in [4.69, 9.17) is 10.5 Å². The average molecular weight is 419 g/mol. The molecular weight excluding hydrogens is 387 g/mol. The molecule has 2 N–H and O–H groups in total. The Morgan fingerprint density at radius 1 is 1.30 bits per heavy atom. The van der Waals surface area contributed by atoms with E-state index in [0.717, 1.165) is 36.8 Å². The number of rotatable bonds is 6. The van der Waals surface area contributed by atoms with Crippen molar-refractivity contribution < 1.29 is 23.5 Å². The Hall–Kier alpha value is -2.44. The molecule has 1 aromatic carbocycles. The second-order valence-corrected chi connectivity index (χ2v) is 9.38. The van der Waals surface area contributed by atoms with Crippen molar-refractivity contribution in [2.75, 3.05) is 0 Å². The monoisotopic (exact) mass is 418 g/mol. The van der Waals surface area contributed by atoms with Gasteiger partial charge in [-0.1, -0.05) is 12.8 Å². The van der Waals surface area contributed by atoms with Crippen LogP contribution in [0.4, 0.5) is 4.39 Å². The van der Waals surface area contributed by atoms with Crippen molar-refractivity contribution in [3.05, 3.63) is 34.1 Å². The number of esters is 1. The van der Waals surface area contributed by atoms with E-state index >= 15 is 0 Å². The summed E-state index contributed by atoms with van der Waals surface area (Å²) in [6, 6.07) is 0.328. The van der Waals surface area contributed by atoms with Gasteiger partial charge in [-0.3, -0.25) is 14.4 Å². The van der Waals surface area contributed by atoms with Crippen LogP contribution < -0.4 is 5.73 Å². The average Bonchev–Trinajstić information content (AvgIpc) is 3.24. The number of primary amides is 1. The molecule has 2 aliphatic rings. The van der Waals surface area contributed by atoms with Crippen LogP contribution in [0.1, 0.15) is 92.3 Å². The van der Waals surface area contributed by atoms with Gasteiger partial charge in [0.05, 0.1) is 0 Å². The molecule has 3 rings (SSSR count). The van der Waals surface area contributed by atoms with Crippen LogP contribution in [-0.2, 0) is 20.9 Å². The summed E-state index contributed by atoms with van der Waals surface area (Å²) in [4.78, 5) is 38.7. The first-order valence-corrected chi connectivity index (χ1v) is 10.6. The van der Waals surface area contributed by atoms with Crippen LogP contribution >= 0.6 is 0 Å². The molecule has 1 fully saturated rings. The van der Waals surface area contributed by atoms with Gasteiger partial charge in [-0.05, 0) is 75.6 Å². The first kappa shape index (κ1) is 22.2. The van der Waals surface area contributed by atoms with Crippen LogP contribution in [0.25, 0.3) is 0 Å². The van der Waals surface area contributed by atoms with Crippen LogP contribution in [0.3, 0.4) is 0 Å². The molecule has 0 bridgehead atoms. The number of carbonyl (C=O) groups is 3. The van der Waals surface area contributed by atoms with Crippen molar-refractivity contribution >= 4 is 17.8 Å². The standard InChI is InChI=1S/C23H31FN2O4/c1-13-17(24)11-15-16(20(13)14-7-5-6-8-14)12-26(22(15)29)18(21(25)28)9-10-19(27)30-23(2,3)4/h11,14,18H,5-10,12H2,1-4H3,(H2,25,28). The number of benzene rings is 1. The molecule has 2 amide bonds. The summed E-state index contributed by atoms with van der Waals surface area (Å²) in [5.74, 6) is -1.70. The van der Waals surface area contributed by atoms with E-state index in [-0.39, 0.29) is 25.3 Å². The second-order valence-electron chi connectivity index (χ2n) is 9.38. The maximum atomic E-state index is 14.6. The molecule has 1 unspecified atom stereocenters. The molecule has 7 heteroatoms. The van der Waals surface area contributed by atoms with E-state index in [9.17, 15) is 18.8 Å². The first-order chi connectivity index (χ1) is 14.0. The number of carbonyl (C=O) groups excluding carboxylic acids is 3. The number of ether oxygens (including phenoxy) is 1. The number of fused-ring (bicyclic) bond motifs is 1. The molecule has 0 saturated heterocycles. The summed E-state index contributed by atoms with van der Waals surface area (Å²) < 4.78 is 19.9. The Morgan fingerprint density at radius 3 is 2.50 bits per heavy atom. The minimum atomic E-state index is -0.947. The van der Waals surface area contributed by atoms with Gasteiger partial charge >= 0.3 is 5.97 Å². The molecule has 30 heavy (non-hydrogen) atoms. The van der Waals surface area contributed by atoms with Crippen molar-refractivity contribution in [3.63, 3.8) is 0 Å². The normalized spacial score (nSPS) is 17.9. The maximum absolute atomic E-state index is 14.6. The van der Waals surface area contributed by atoms with E-state index in [1.54, 1.807) is 27.7 Å². The second kappa shape index (κ2) is 8.36. The largest absolute Gasteiger partial charge is 0.460 e. The molecule has 1 atom stereocenters. The molecule has 0 aromatic heterocycles. The van der Waals surface area contributed by atoms with Crippen LogP contribution in [0, 0.1) is 12.7 Å². The molecule has 1 heterocycles. The third-order valence-electron chi connectivity index (χ3n) is 6.01. The summed E-state index contributed by atoms with van der Waals surface area (Å²) in [5, 5.41) is 0. The van der Waals surface area contributed by atoms with Gasteiger partial charge in [-0.15, -0.1) is 0 Å². The van der Waals surface area contributed by atoms with Crippen molar-refractivity contribution in [1.82, 2.24) is 4.90 Å². The summed E-state index contributed by atoms with van der Waals surface area (Å²) in [7, 11) is 0. The van der Waals surface area contributed by atoms with Crippen LogP contribution in [0.15, 0.2) is 6.07 Å². The lowest BCUT2D eigenvalue weighted by Crippen LogP contribution is -2.45. The number of halogens is 1. The van der Waals surface area contributed by atoms with Crippen LogP contribution in [-0.4, -0.2) is 34.3 Å². The molecule has 0 spiro atoms. The van der Waals surface area contributed by atoms with Gasteiger partial charge in [-0.2, -0.15) is 0 Å². The maximum Gasteiger partial charge on any atom is 0.306 e. The molecular formula is C23H31FN2O4. The zero-order chi connectivity index (χ0) is 22.2. The number of nitrogens with zero attached hydrogens (tertiary/aromatic N) is 1. The molecule has 6 nitrogen and oxygen atoms in total. The highest BCUT2D eigenvalue weighted by Crippen LogP contribution is 2.42. The zero-order valence-electron chi connectivity index (χ0n) is 18.2. The van der Waals surface area contributed by atoms with Gasteiger partial charge in [0.1, 0.15) is 17.5 Å². The molecule has 1 aliphatic carbocycles. The predicted molar refractivity (Wildman–Crippen MR) is 110 cm³/mol. The minimum absolute atomic E-state index is 0.0339. The molecule has 1 aromatic rings. The third-order valence-corrected chi connectivity index (χ3v) is 6.01. The highest BCUT2D eigenvalue weighted by Gasteiger charge is 2.39. The summed E-state index contributed by atoms with van der Waals surface area (Å²) in [6.45, 7) is 7.25. The number of hydrogen-bond acceptors (Lipinski definition) is 4. The number of nitrogens with two attached hydrogens (primary N) is 1. The van der Waals surface area contributed by atoms with E-state index in [1.165, 1.54) is 11.0 Å².